The highest BCUT2D eigenvalue weighted by molar-refractivity contribution is 7.93. The van der Waals surface area contributed by atoms with Gasteiger partial charge < -0.3 is 9.30 Å². The Balaban J connectivity index is 2.02. The molecule has 0 radical (unpaired) electrons. The third-order valence-electron chi connectivity index (χ3n) is 5.32. The van der Waals surface area contributed by atoms with Gasteiger partial charge >= 0.3 is 0 Å². The summed E-state index contributed by atoms with van der Waals surface area (Å²) in [4.78, 5) is 13.7. The minimum atomic E-state index is -3.54. The second-order valence-corrected chi connectivity index (χ2v) is 10.2. The van der Waals surface area contributed by atoms with Gasteiger partial charge in [0.05, 0.1) is 6.61 Å². The molecule has 1 atom stereocenters. The fourth-order valence-corrected chi connectivity index (χ4v) is 6.22. The van der Waals surface area contributed by atoms with Gasteiger partial charge in [0.2, 0.25) is 12.7 Å². The molecular formula is C26H29O3P. The number of hydrogen-bond acceptors (Lipinski definition) is 3. The van der Waals surface area contributed by atoms with Crippen LogP contribution in [0.2, 0.25) is 0 Å². The molecule has 0 aliphatic rings. The van der Waals surface area contributed by atoms with E-state index in [0.29, 0.717) is 22.8 Å². The standard InChI is InChI=1S/C26H29O3P/c1-4-5-9-19-29-22-15-17-24(18-16-22)30(28,23-13-7-6-8-14-23)26(27)25-20(2)11-10-12-21(25)3/h6-8,10-18H,4-5,9,19H2,1-3H3. The minimum Gasteiger partial charge on any atom is -0.494 e. The number of unbranched alkanes of at least 4 members (excludes halogenated alkanes) is 2. The van der Waals surface area contributed by atoms with E-state index >= 15 is 0 Å². The van der Waals surface area contributed by atoms with Gasteiger partial charge in [-0.15, -0.1) is 0 Å². The summed E-state index contributed by atoms with van der Waals surface area (Å²) in [6.07, 6.45) is 3.28. The topological polar surface area (TPSA) is 43.4 Å². The van der Waals surface area contributed by atoms with Gasteiger partial charge in [0.15, 0.2) is 0 Å². The summed E-state index contributed by atoms with van der Waals surface area (Å²) in [5.41, 5.74) is 1.91. The molecule has 156 valence electrons. The highest BCUT2D eigenvalue weighted by Crippen LogP contribution is 2.48. The molecule has 3 aromatic carbocycles. The lowest BCUT2D eigenvalue weighted by molar-refractivity contribution is 0.107. The number of aryl methyl sites for hydroxylation is 2. The summed E-state index contributed by atoms with van der Waals surface area (Å²) in [6, 6.07) is 21.9. The number of benzene rings is 3. The van der Waals surface area contributed by atoms with Gasteiger partial charge in [0.25, 0.3) is 0 Å². The summed E-state index contributed by atoms with van der Waals surface area (Å²) in [5, 5.41) is 1.08. The monoisotopic (exact) mass is 420 g/mol. The van der Waals surface area contributed by atoms with Gasteiger partial charge in [-0.05, 0) is 55.7 Å². The fraction of sp³-hybridized carbons (Fsp3) is 0.269. The molecule has 3 rings (SSSR count). The summed E-state index contributed by atoms with van der Waals surface area (Å²) in [6.45, 7) is 6.60. The zero-order chi connectivity index (χ0) is 21.6. The molecule has 0 aliphatic heterocycles. The van der Waals surface area contributed by atoms with Crippen molar-refractivity contribution in [3.05, 3.63) is 89.5 Å². The Morgan fingerprint density at radius 2 is 1.40 bits per heavy atom. The second-order valence-electron chi connectivity index (χ2n) is 7.57. The SMILES string of the molecule is CCCCCOc1ccc(P(=O)(C(=O)c2c(C)cccc2C)c2ccccc2)cc1. The number of ether oxygens (including phenoxy) is 1. The minimum absolute atomic E-state index is 0.319. The molecule has 0 N–H and O–H groups in total. The maximum atomic E-state index is 14.4. The lowest BCUT2D eigenvalue weighted by atomic mass is 10.0. The smallest absolute Gasteiger partial charge is 0.230 e. The number of rotatable bonds is 9. The Labute approximate surface area is 179 Å². The maximum Gasteiger partial charge on any atom is 0.230 e. The number of carbonyl (C=O) groups excluding carboxylic acids is 1. The third kappa shape index (κ3) is 4.57. The number of carbonyl (C=O) groups is 1. The van der Waals surface area contributed by atoms with E-state index in [1.165, 1.54) is 0 Å². The third-order valence-corrected chi connectivity index (χ3v) is 8.16. The van der Waals surface area contributed by atoms with Crippen LogP contribution in [0.3, 0.4) is 0 Å². The summed E-state index contributed by atoms with van der Waals surface area (Å²) >= 11 is 0. The lowest BCUT2D eigenvalue weighted by Gasteiger charge is -2.20. The lowest BCUT2D eigenvalue weighted by Crippen LogP contribution is -2.23. The quantitative estimate of drug-likeness (QED) is 0.314. The van der Waals surface area contributed by atoms with Crippen LogP contribution >= 0.6 is 7.14 Å². The molecule has 3 aromatic rings. The van der Waals surface area contributed by atoms with E-state index in [1.807, 2.05) is 62.4 Å². The van der Waals surface area contributed by atoms with Gasteiger partial charge in [0, 0.05) is 16.2 Å². The van der Waals surface area contributed by atoms with Crippen LogP contribution in [-0.2, 0) is 4.57 Å². The molecular weight excluding hydrogens is 391 g/mol. The van der Waals surface area contributed by atoms with Crippen molar-refractivity contribution in [3.63, 3.8) is 0 Å². The summed E-state index contributed by atoms with van der Waals surface area (Å²) < 4.78 is 20.2. The van der Waals surface area contributed by atoms with E-state index in [2.05, 4.69) is 6.92 Å². The summed E-state index contributed by atoms with van der Waals surface area (Å²) in [5.74, 6) is 0.731. The Morgan fingerprint density at radius 3 is 2.00 bits per heavy atom. The van der Waals surface area contributed by atoms with Crippen LogP contribution in [0.25, 0.3) is 0 Å². The summed E-state index contributed by atoms with van der Waals surface area (Å²) in [7, 11) is -3.54. The Morgan fingerprint density at radius 1 is 0.800 bits per heavy atom. The molecule has 30 heavy (non-hydrogen) atoms. The Hall–Kier alpha value is -2.64. The zero-order valence-corrected chi connectivity index (χ0v) is 18.8. The molecule has 4 heteroatoms. The highest BCUT2D eigenvalue weighted by Gasteiger charge is 2.37. The van der Waals surface area contributed by atoms with E-state index in [9.17, 15) is 9.36 Å². The first-order chi connectivity index (χ1) is 14.5. The van der Waals surface area contributed by atoms with E-state index in [-0.39, 0.29) is 5.52 Å². The van der Waals surface area contributed by atoms with E-state index in [4.69, 9.17) is 4.74 Å². The molecule has 0 bridgehead atoms. The van der Waals surface area contributed by atoms with E-state index < -0.39 is 7.14 Å². The van der Waals surface area contributed by atoms with Crippen molar-refractivity contribution in [2.24, 2.45) is 0 Å². The van der Waals surface area contributed by atoms with E-state index in [0.717, 1.165) is 36.1 Å². The Bertz CT molecular complexity index is 1020. The first-order valence-electron chi connectivity index (χ1n) is 10.5. The first-order valence-corrected chi connectivity index (χ1v) is 12.2. The van der Waals surface area contributed by atoms with Crippen molar-refractivity contribution in [3.8, 4) is 5.75 Å². The maximum absolute atomic E-state index is 14.4. The van der Waals surface area contributed by atoms with Crippen molar-refractivity contribution in [2.75, 3.05) is 6.61 Å². The van der Waals surface area contributed by atoms with Crippen molar-refractivity contribution in [1.29, 1.82) is 0 Å². The van der Waals surface area contributed by atoms with Crippen molar-refractivity contribution in [2.45, 2.75) is 40.0 Å². The molecule has 0 fully saturated rings. The average Bonchev–Trinajstić information content (AvgIpc) is 2.77. The molecule has 0 spiro atoms. The molecule has 0 saturated carbocycles. The normalized spacial score (nSPS) is 12.9. The highest BCUT2D eigenvalue weighted by atomic mass is 31.2. The van der Waals surface area contributed by atoms with Crippen LogP contribution in [0.5, 0.6) is 5.75 Å². The predicted octanol–water partition coefficient (Wildman–Crippen LogP) is 6.03. The van der Waals surface area contributed by atoms with Gasteiger partial charge in [-0.3, -0.25) is 4.79 Å². The van der Waals surface area contributed by atoms with Crippen LogP contribution in [0, 0.1) is 13.8 Å². The largest absolute Gasteiger partial charge is 0.494 e. The predicted molar refractivity (Wildman–Crippen MR) is 125 cm³/mol. The average molecular weight is 420 g/mol. The molecule has 1 unspecified atom stereocenters. The Kier molecular flexibility index (Phi) is 7.29. The van der Waals surface area contributed by atoms with Gasteiger partial charge in [0.1, 0.15) is 5.75 Å². The zero-order valence-electron chi connectivity index (χ0n) is 17.9. The van der Waals surface area contributed by atoms with Crippen molar-refractivity contribution < 1.29 is 14.1 Å². The second kappa shape index (κ2) is 9.91. The molecule has 0 saturated heterocycles. The molecule has 0 aliphatic carbocycles. The first kappa shape index (κ1) is 22.1. The van der Waals surface area contributed by atoms with Crippen LogP contribution in [0.4, 0.5) is 0 Å². The number of hydrogen-bond donors (Lipinski definition) is 0. The molecule has 0 aromatic heterocycles. The van der Waals surface area contributed by atoms with Crippen LogP contribution < -0.4 is 15.3 Å². The molecule has 0 amide bonds. The van der Waals surface area contributed by atoms with Crippen LogP contribution in [0.15, 0.2) is 72.8 Å². The van der Waals surface area contributed by atoms with Gasteiger partial charge in [-0.25, -0.2) is 0 Å². The molecule has 3 nitrogen and oxygen atoms in total. The van der Waals surface area contributed by atoms with Crippen molar-refractivity contribution >= 4 is 23.3 Å². The van der Waals surface area contributed by atoms with Gasteiger partial charge in [-0.1, -0.05) is 68.3 Å². The van der Waals surface area contributed by atoms with Gasteiger partial charge in [-0.2, -0.15) is 0 Å². The fourth-order valence-electron chi connectivity index (χ4n) is 3.63. The van der Waals surface area contributed by atoms with E-state index in [1.54, 1.807) is 24.3 Å². The van der Waals surface area contributed by atoms with Crippen LogP contribution in [-0.4, -0.2) is 12.1 Å². The van der Waals surface area contributed by atoms with Crippen LogP contribution in [0.1, 0.15) is 47.7 Å². The van der Waals surface area contributed by atoms with Crippen molar-refractivity contribution in [1.82, 2.24) is 0 Å². The molecule has 0 heterocycles.